The molecule has 1 aliphatic heterocycles. The van der Waals surface area contributed by atoms with Crippen LogP contribution in [0.25, 0.3) is 0 Å². The van der Waals surface area contributed by atoms with E-state index >= 15 is 0 Å². The van der Waals surface area contributed by atoms with Crippen molar-refractivity contribution in [3.8, 4) is 0 Å². The molecule has 14 heavy (non-hydrogen) atoms. The summed E-state index contributed by atoms with van der Waals surface area (Å²) in [6.45, 7) is 0.726. The molecule has 2 rings (SSSR count). The number of halogens is 2. The third kappa shape index (κ3) is 2.21. The molecule has 0 spiro atoms. The molecule has 0 aromatic heterocycles. The Balaban J connectivity index is 1.81. The first kappa shape index (κ1) is 10.3. The molecule has 2 N–H and O–H groups in total. The largest absolute Gasteiger partial charge is 0.389 e. The first-order valence-electron chi connectivity index (χ1n) is 4.96. The number of hydrogen-bond donors (Lipinski definition) is 2. The molecule has 0 bridgehead atoms. The maximum Gasteiger partial charge on any atom is 0.249 e. The van der Waals surface area contributed by atoms with Crippen molar-refractivity contribution in [3.05, 3.63) is 0 Å². The molecule has 1 saturated carbocycles. The van der Waals surface area contributed by atoms with Gasteiger partial charge < -0.3 is 15.2 Å². The Morgan fingerprint density at radius 2 is 2.14 bits per heavy atom. The van der Waals surface area contributed by atoms with Crippen LogP contribution in [-0.4, -0.2) is 42.4 Å². The molecule has 82 valence electrons. The maximum absolute atomic E-state index is 12.8. The minimum atomic E-state index is -2.53. The van der Waals surface area contributed by atoms with Crippen molar-refractivity contribution >= 4 is 0 Å². The van der Waals surface area contributed by atoms with E-state index in [2.05, 4.69) is 5.32 Å². The van der Waals surface area contributed by atoms with Crippen molar-refractivity contribution in [3.63, 3.8) is 0 Å². The number of aliphatic hydroxyl groups excluding tert-OH is 1. The van der Waals surface area contributed by atoms with E-state index in [4.69, 9.17) is 4.74 Å². The summed E-state index contributed by atoms with van der Waals surface area (Å²) in [5.41, 5.74) is 0. The third-order valence-electron chi connectivity index (χ3n) is 2.90. The Bertz CT molecular complexity index is 213. The van der Waals surface area contributed by atoms with E-state index in [1.54, 1.807) is 0 Å². The van der Waals surface area contributed by atoms with E-state index in [9.17, 15) is 13.9 Å². The highest BCUT2D eigenvalue weighted by Crippen LogP contribution is 2.35. The summed E-state index contributed by atoms with van der Waals surface area (Å²) < 4.78 is 30.7. The van der Waals surface area contributed by atoms with Gasteiger partial charge in [0, 0.05) is 18.9 Å². The van der Waals surface area contributed by atoms with Gasteiger partial charge in [-0.3, -0.25) is 0 Å². The topological polar surface area (TPSA) is 41.5 Å². The van der Waals surface area contributed by atoms with Crippen molar-refractivity contribution in [2.24, 2.45) is 0 Å². The number of nitrogens with one attached hydrogen (secondary N) is 1. The second-order valence-electron chi connectivity index (χ2n) is 4.17. The van der Waals surface area contributed by atoms with Crippen LogP contribution in [0.2, 0.25) is 0 Å². The van der Waals surface area contributed by atoms with Crippen LogP contribution < -0.4 is 5.32 Å². The Morgan fingerprint density at radius 3 is 2.64 bits per heavy atom. The van der Waals surface area contributed by atoms with Crippen LogP contribution in [0.1, 0.15) is 19.3 Å². The van der Waals surface area contributed by atoms with E-state index in [1.807, 2.05) is 0 Å². The predicted molar refractivity (Wildman–Crippen MR) is 46.3 cm³/mol. The highest BCUT2D eigenvalue weighted by molar-refractivity contribution is 4.91. The molecule has 3 unspecified atom stereocenters. The molecule has 1 saturated heterocycles. The van der Waals surface area contributed by atoms with Crippen molar-refractivity contribution in [1.82, 2.24) is 5.32 Å². The first-order valence-corrected chi connectivity index (χ1v) is 4.96. The van der Waals surface area contributed by atoms with Crippen molar-refractivity contribution in [2.45, 2.75) is 43.4 Å². The lowest BCUT2D eigenvalue weighted by atomic mass is 10.1. The zero-order chi connectivity index (χ0) is 10.2. The predicted octanol–water partition coefficient (Wildman–Crippen LogP) is 0.523. The van der Waals surface area contributed by atoms with Gasteiger partial charge in [0.25, 0.3) is 0 Å². The minimum absolute atomic E-state index is 0.0473. The van der Waals surface area contributed by atoms with Gasteiger partial charge in [0.05, 0.1) is 25.4 Å². The lowest BCUT2D eigenvalue weighted by Gasteiger charge is -2.19. The lowest BCUT2D eigenvalue weighted by Crippen LogP contribution is -2.44. The zero-order valence-electron chi connectivity index (χ0n) is 7.88. The van der Waals surface area contributed by atoms with Gasteiger partial charge in [0.1, 0.15) is 0 Å². The first-order chi connectivity index (χ1) is 6.57. The van der Waals surface area contributed by atoms with Crippen molar-refractivity contribution in [1.29, 1.82) is 0 Å². The average molecular weight is 207 g/mol. The highest BCUT2D eigenvalue weighted by atomic mass is 19.3. The monoisotopic (exact) mass is 207 g/mol. The molecule has 2 fully saturated rings. The summed E-state index contributed by atoms with van der Waals surface area (Å²) in [5, 5.41) is 12.4. The number of aliphatic hydroxyl groups is 1. The maximum atomic E-state index is 12.8. The molecule has 5 heteroatoms. The molecule has 2 aliphatic rings. The molecular weight excluding hydrogens is 192 g/mol. The molecular formula is C9H15F2NO2. The smallest absolute Gasteiger partial charge is 0.249 e. The lowest BCUT2D eigenvalue weighted by molar-refractivity contribution is 0.00604. The Morgan fingerprint density at radius 1 is 1.36 bits per heavy atom. The van der Waals surface area contributed by atoms with E-state index in [0.717, 1.165) is 0 Å². The highest BCUT2D eigenvalue weighted by Gasteiger charge is 2.41. The van der Waals surface area contributed by atoms with Gasteiger partial charge in [-0.1, -0.05) is 0 Å². The Labute approximate surface area is 81.4 Å². The third-order valence-corrected chi connectivity index (χ3v) is 2.90. The fraction of sp³-hybridized carbons (Fsp3) is 1.00. The van der Waals surface area contributed by atoms with Crippen molar-refractivity contribution in [2.75, 3.05) is 13.2 Å². The van der Waals surface area contributed by atoms with Gasteiger partial charge in [0.15, 0.2) is 0 Å². The fourth-order valence-electron chi connectivity index (χ4n) is 2.10. The zero-order valence-corrected chi connectivity index (χ0v) is 7.88. The molecule has 0 radical (unpaired) electrons. The summed E-state index contributed by atoms with van der Waals surface area (Å²) in [6, 6.07) is -0.347. The number of hydrogen-bond acceptors (Lipinski definition) is 3. The molecule has 0 aromatic carbocycles. The van der Waals surface area contributed by atoms with Crippen LogP contribution in [0, 0.1) is 0 Å². The van der Waals surface area contributed by atoms with Gasteiger partial charge >= 0.3 is 0 Å². The van der Waals surface area contributed by atoms with Gasteiger partial charge in [-0.2, -0.15) is 0 Å². The summed E-state index contributed by atoms with van der Waals surface area (Å²) >= 11 is 0. The number of rotatable bonds is 2. The molecule has 3 atom stereocenters. The van der Waals surface area contributed by atoms with Crippen LogP contribution in [-0.2, 0) is 4.74 Å². The van der Waals surface area contributed by atoms with Crippen LogP contribution in [0.3, 0.4) is 0 Å². The second-order valence-corrected chi connectivity index (χ2v) is 4.17. The van der Waals surface area contributed by atoms with Crippen LogP contribution >= 0.6 is 0 Å². The standard InChI is InChI=1S/C9H15F2NO2/c10-9(11)2-1-6(3-9)12-7-4-14-5-8(7)13/h6-8,12-13H,1-5H2. The molecule has 0 amide bonds. The summed E-state index contributed by atoms with van der Waals surface area (Å²) in [4.78, 5) is 0. The molecule has 1 aliphatic carbocycles. The van der Waals surface area contributed by atoms with Gasteiger partial charge in [0.2, 0.25) is 5.92 Å². The Kier molecular flexibility index (Phi) is 2.72. The van der Waals surface area contributed by atoms with Crippen LogP contribution in [0.4, 0.5) is 8.78 Å². The van der Waals surface area contributed by atoms with Crippen molar-refractivity contribution < 1.29 is 18.6 Å². The SMILES string of the molecule is OC1COCC1NC1CCC(F)(F)C1. The number of alkyl halides is 2. The van der Waals surface area contributed by atoms with E-state index in [0.29, 0.717) is 19.6 Å². The van der Waals surface area contributed by atoms with Crippen LogP contribution in [0.15, 0.2) is 0 Å². The quantitative estimate of drug-likeness (QED) is 0.693. The fourth-order valence-corrected chi connectivity index (χ4v) is 2.10. The van der Waals surface area contributed by atoms with E-state index in [-0.39, 0.29) is 24.9 Å². The normalized spacial score (nSPS) is 41.8. The van der Waals surface area contributed by atoms with Crippen LogP contribution in [0.5, 0.6) is 0 Å². The number of ether oxygens (including phenoxy) is 1. The summed E-state index contributed by atoms with van der Waals surface area (Å²) in [7, 11) is 0. The van der Waals surface area contributed by atoms with Gasteiger partial charge in [-0.05, 0) is 6.42 Å². The van der Waals surface area contributed by atoms with Gasteiger partial charge in [-0.15, -0.1) is 0 Å². The summed E-state index contributed by atoms with van der Waals surface area (Å²) in [6.07, 6.45) is -0.231. The van der Waals surface area contributed by atoms with Gasteiger partial charge in [-0.25, -0.2) is 8.78 Å². The van der Waals surface area contributed by atoms with E-state index < -0.39 is 12.0 Å². The molecule has 1 heterocycles. The Hall–Kier alpha value is -0.260. The molecule has 0 aromatic rings. The summed E-state index contributed by atoms with van der Waals surface area (Å²) in [5.74, 6) is -2.53. The average Bonchev–Trinajstić information content (AvgIpc) is 2.61. The molecule has 3 nitrogen and oxygen atoms in total. The second kappa shape index (κ2) is 3.72. The van der Waals surface area contributed by atoms with E-state index in [1.165, 1.54) is 0 Å². The minimum Gasteiger partial charge on any atom is -0.389 e.